The smallest absolute Gasteiger partial charge is 0.224 e. The molecule has 0 radical (unpaired) electrons. The van der Waals surface area contributed by atoms with Crippen molar-refractivity contribution in [3.8, 4) is 22.6 Å². The standard InChI is InChI=1S/C34H47FN6O2/c1-4-18-41-23-25(22-36-41)30-31(39-32(38-30)24-12-14-26(35)15-13-24)29(11-9-7-8-10-27(42)5-2)37-33(43)28-21-34(28)16-19-40(6-3)20-17-34/h12-15,22-23,28-29H,4-11,16-21H2,1-3H3,(H,37,43)(H,38,39)/t28?,29-/m0/s1. The molecule has 9 heteroatoms. The van der Waals surface area contributed by atoms with Gasteiger partial charge >= 0.3 is 0 Å². The van der Waals surface area contributed by atoms with Crippen LogP contribution in [0.2, 0.25) is 0 Å². The molecule has 3 heterocycles. The number of H-pyrrole nitrogens is 1. The number of amides is 1. The van der Waals surface area contributed by atoms with Gasteiger partial charge in [0.1, 0.15) is 17.4 Å². The third kappa shape index (κ3) is 7.43. The van der Waals surface area contributed by atoms with Crippen LogP contribution in [0, 0.1) is 17.2 Å². The first-order chi connectivity index (χ1) is 20.9. The number of aryl methyl sites for hydroxylation is 1. The summed E-state index contributed by atoms with van der Waals surface area (Å²) < 4.78 is 15.7. The largest absolute Gasteiger partial charge is 0.347 e. The minimum atomic E-state index is -0.300. The molecule has 1 saturated heterocycles. The lowest BCUT2D eigenvalue weighted by Gasteiger charge is -2.32. The lowest BCUT2D eigenvalue weighted by Crippen LogP contribution is -2.37. The Labute approximate surface area is 254 Å². The maximum absolute atomic E-state index is 13.8. The lowest BCUT2D eigenvalue weighted by molar-refractivity contribution is -0.124. The van der Waals surface area contributed by atoms with Crippen LogP contribution >= 0.6 is 0 Å². The second kappa shape index (κ2) is 14.0. The maximum Gasteiger partial charge on any atom is 0.224 e. The fraction of sp³-hybridized carbons (Fsp3) is 0.588. The van der Waals surface area contributed by atoms with Gasteiger partial charge < -0.3 is 15.2 Å². The van der Waals surface area contributed by atoms with Gasteiger partial charge in [-0.05, 0) is 87.8 Å². The van der Waals surface area contributed by atoms with E-state index in [0.717, 1.165) is 100 Å². The fourth-order valence-corrected chi connectivity index (χ4v) is 6.61. The van der Waals surface area contributed by atoms with E-state index >= 15 is 0 Å². The lowest BCUT2D eigenvalue weighted by atomic mass is 9.90. The molecule has 1 amide bonds. The molecule has 1 aliphatic carbocycles. The fourth-order valence-electron chi connectivity index (χ4n) is 6.61. The number of ketones is 1. The van der Waals surface area contributed by atoms with Gasteiger partial charge in [-0.2, -0.15) is 5.10 Å². The number of aromatic amines is 1. The summed E-state index contributed by atoms with van der Waals surface area (Å²) in [6, 6.07) is 6.01. The van der Waals surface area contributed by atoms with Crippen molar-refractivity contribution in [2.45, 2.75) is 97.6 Å². The minimum absolute atomic E-state index is 0.0439. The first-order valence-electron chi connectivity index (χ1n) is 16.3. The molecule has 1 unspecified atom stereocenters. The van der Waals surface area contributed by atoms with Crippen LogP contribution in [0.1, 0.15) is 96.7 Å². The molecule has 1 aromatic carbocycles. The summed E-state index contributed by atoms with van der Waals surface area (Å²) in [7, 11) is 0. The Morgan fingerprint density at radius 3 is 2.56 bits per heavy atom. The van der Waals surface area contributed by atoms with E-state index in [-0.39, 0.29) is 29.1 Å². The highest BCUT2D eigenvalue weighted by Crippen LogP contribution is 2.59. The summed E-state index contributed by atoms with van der Waals surface area (Å²) in [6.45, 7) is 10.2. The Bertz CT molecular complexity index is 1370. The second-order valence-corrected chi connectivity index (χ2v) is 12.5. The average Bonchev–Trinajstić information content (AvgIpc) is 3.32. The van der Waals surface area contributed by atoms with Crippen LogP contribution in [0.5, 0.6) is 0 Å². The summed E-state index contributed by atoms with van der Waals surface area (Å²) in [5, 5.41) is 7.98. The Morgan fingerprint density at radius 1 is 1.09 bits per heavy atom. The summed E-state index contributed by atoms with van der Waals surface area (Å²) in [4.78, 5) is 36.7. The van der Waals surface area contributed by atoms with Crippen molar-refractivity contribution in [2.75, 3.05) is 19.6 Å². The number of nitrogens with zero attached hydrogens (tertiary/aromatic N) is 4. The van der Waals surface area contributed by atoms with Crippen molar-refractivity contribution in [3.63, 3.8) is 0 Å². The van der Waals surface area contributed by atoms with Crippen molar-refractivity contribution >= 4 is 11.7 Å². The van der Waals surface area contributed by atoms with Gasteiger partial charge in [-0.3, -0.25) is 14.3 Å². The molecule has 1 spiro atoms. The number of benzene rings is 1. The highest BCUT2D eigenvalue weighted by Gasteiger charge is 2.58. The van der Waals surface area contributed by atoms with Crippen molar-refractivity contribution in [2.24, 2.45) is 11.3 Å². The van der Waals surface area contributed by atoms with E-state index in [2.05, 4.69) is 34.1 Å². The van der Waals surface area contributed by atoms with Crippen LogP contribution in [0.3, 0.4) is 0 Å². The van der Waals surface area contributed by atoms with Crippen molar-refractivity contribution in [3.05, 3.63) is 48.2 Å². The third-order valence-corrected chi connectivity index (χ3v) is 9.52. The summed E-state index contributed by atoms with van der Waals surface area (Å²) in [6.07, 6.45) is 12.5. The van der Waals surface area contributed by atoms with Gasteiger partial charge in [-0.15, -0.1) is 0 Å². The van der Waals surface area contributed by atoms with Gasteiger partial charge in [-0.1, -0.05) is 33.6 Å². The highest BCUT2D eigenvalue weighted by atomic mass is 19.1. The monoisotopic (exact) mass is 590 g/mol. The molecule has 2 N–H and O–H groups in total. The first kappa shape index (κ1) is 31.1. The van der Waals surface area contributed by atoms with Gasteiger partial charge in [0.05, 0.1) is 23.6 Å². The van der Waals surface area contributed by atoms with E-state index in [1.54, 1.807) is 12.1 Å². The SMILES string of the molecule is CCCn1cc(-c2[nH]c(-c3ccc(F)cc3)nc2[C@H](CCCCCC(=O)CC)NC(=O)C2CC23CCN(CC)CC3)cn1. The molecule has 0 bridgehead atoms. The molecule has 3 aromatic rings. The van der Waals surface area contributed by atoms with Crippen molar-refractivity contribution < 1.29 is 14.0 Å². The van der Waals surface area contributed by atoms with Crippen LogP contribution in [0.25, 0.3) is 22.6 Å². The molecule has 5 rings (SSSR count). The first-order valence-corrected chi connectivity index (χ1v) is 16.3. The number of Topliss-reactive ketones (excluding diaryl/α,β-unsaturated/α-hetero) is 1. The predicted molar refractivity (Wildman–Crippen MR) is 167 cm³/mol. The van der Waals surface area contributed by atoms with E-state index < -0.39 is 0 Å². The number of unbranched alkanes of at least 4 members (excludes halogenated alkanes) is 2. The summed E-state index contributed by atoms with van der Waals surface area (Å²) >= 11 is 0. The number of imidazole rings is 1. The molecule has 1 aliphatic heterocycles. The molecule has 2 atom stereocenters. The zero-order valence-electron chi connectivity index (χ0n) is 26.0. The van der Waals surface area contributed by atoms with Crippen LogP contribution in [-0.2, 0) is 16.1 Å². The van der Waals surface area contributed by atoms with Gasteiger partial charge in [0.15, 0.2) is 0 Å². The van der Waals surface area contributed by atoms with Crippen molar-refractivity contribution in [1.29, 1.82) is 0 Å². The van der Waals surface area contributed by atoms with Crippen LogP contribution in [0.4, 0.5) is 4.39 Å². The Balaban J connectivity index is 1.41. The van der Waals surface area contributed by atoms with E-state index in [1.807, 2.05) is 24.0 Å². The number of rotatable bonds is 15. The van der Waals surface area contributed by atoms with E-state index in [9.17, 15) is 14.0 Å². The molecule has 43 heavy (non-hydrogen) atoms. The molecule has 2 aliphatic rings. The zero-order valence-corrected chi connectivity index (χ0v) is 26.0. The predicted octanol–water partition coefficient (Wildman–Crippen LogP) is 6.70. The van der Waals surface area contributed by atoms with Gasteiger partial charge in [0.2, 0.25) is 5.91 Å². The molecular formula is C34H47FN6O2. The normalized spacial score (nSPS) is 18.6. The number of aromatic nitrogens is 4. The number of carbonyl (C=O) groups excluding carboxylic acids is 2. The summed E-state index contributed by atoms with van der Waals surface area (Å²) in [5.41, 5.74) is 3.43. The average molecular weight is 591 g/mol. The molecule has 232 valence electrons. The number of piperidine rings is 1. The highest BCUT2D eigenvalue weighted by molar-refractivity contribution is 5.83. The molecule has 2 aromatic heterocycles. The summed E-state index contributed by atoms with van der Waals surface area (Å²) in [5.74, 6) is 0.792. The number of halogens is 1. The van der Waals surface area contributed by atoms with E-state index in [4.69, 9.17) is 4.98 Å². The quantitative estimate of drug-likeness (QED) is 0.192. The minimum Gasteiger partial charge on any atom is -0.347 e. The topological polar surface area (TPSA) is 95.9 Å². The van der Waals surface area contributed by atoms with Crippen LogP contribution < -0.4 is 5.32 Å². The number of hydrogen-bond acceptors (Lipinski definition) is 5. The second-order valence-electron chi connectivity index (χ2n) is 12.5. The number of likely N-dealkylation sites (tertiary alicyclic amines) is 1. The zero-order chi connectivity index (χ0) is 30.4. The number of hydrogen-bond donors (Lipinski definition) is 2. The van der Waals surface area contributed by atoms with E-state index in [1.165, 1.54) is 12.1 Å². The molecule has 1 saturated carbocycles. The Morgan fingerprint density at radius 2 is 1.86 bits per heavy atom. The van der Waals surface area contributed by atoms with Gasteiger partial charge in [0.25, 0.3) is 0 Å². The number of nitrogens with one attached hydrogen (secondary N) is 2. The third-order valence-electron chi connectivity index (χ3n) is 9.52. The van der Waals surface area contributed by atoms with Gasteiger partial charge in [0, 0.05) is 42.6 Å². The van der Waals surface area contributed by atoms with Crippen LogP contribution in [0.15, 0.2) is 36.7 Å². The molecule has 2 fully saturated rings. The van der Waals surface area contributed by atoms with Gasteiger partial charge in [-0.25, -0.2) is 9.37 Å². The molecular weight excluding hydrogens is 543 g/mol. The number of carbonyl (C=O) groups is 2. The Hall–Kier alpha value is -3.33. The van der Waals surface area contributed by atoms with E-state index in [0.29, 0.717) is 24.4 Å². The Kier molecular flexibility index (Phi) is 10.1. The van der Waals surface area contributed by atoms with Crippen molar-refractivity contribution in [1.82, 2.24) is 30.0 Å². The maximum atomic E-state index is 13.8. The molecule has 8 nitrogen and oxygen atoms in total. The van der Waals surface area contributed by atoms with Crippen LogP contribution in [-0.4, -0.2) is 56.0 Å².